The second kappa shape index (κ2) is 3.79. The third-order valence-electron chi connectivity index (χ3n) is 1.94. The fourth-order valence-electron chi connectivity index (χ4n) is 1.24. The minimum Gasteiger partial charge on any atom is -0.218 e. The summed E-state index contributed by atoms with van der Waals surface area (Å²) in [6.45, 7) is 0. The molecule has 0 radical (unpaired) electrons. The van der Waals surface area contributed by atoms with Crippen LogP contribution in [0.1, 0.15) is 11.4 Å². The van der Waals surface area contributed by atoms with Gasteiger partial charge in [-0.15, -0.1) is 5.10 Å². The maximum absolute atomic E-state index is 13.3. The largest absolute Gasteiger partial charge is 0.252 e. The average molecular weight is 213 g/mol. The Morgan fingerprint density at radius 3 is 2.69 bits per heavy atom. The molecule has 0 spiro atoms. The molecule has 0 saturated carbocycles. The summed E-state index contributed by atoms with van der Waals surface area (Å²) in [5.74, 6) is -0.665. The van der Waals surface area contributed by atoms with E-state index in [0.717, 1.165) is 0 Å². The van der Waals surface area contributed by atoms with Gasteiger partial charge in [0.15, 0.2) is 0 Å². The second-order valence-electron chi connectivity index (χ2n) is 2.87. The highest BCUT2D eigenvalue weighted by Gasteiger charge is 2.10. The highest BCUT2D eigenvalue weighted by molar-refractivity contribution is 5.48. The Balaban J connectivity index is 2.61. The molecule has 2 aromatic rings. The summed E-state index contributed by atoms with van der Waals surface area (Å²) < 4.78 is 14.5. The van der Waals surface area contributed by atoms with Gasteiger partial charge in [-0.3, -0.25) is 0 Å². The van der Waals surface area contributed by atoms with Crippen LogP contribution in [0.5, 0.6) is 0 Å². The van der Waals surface area contributed by atoms with Crippen LogP contribution in [-0.2, 0) is 0 Å². The van der Waals surface area contributed by atoms with Gasteiger partial charge < -0.3 is 0 Å². The molecular formula is C10H4FN5. The van der Waals surface area contributed by atoms with E-state index >= 15 is 0 Å². The van der Waals surface area contributed by atoms with Crippen LogP contribution < -0.4 is 0 Å². The van der Waals surface area contributed by atoms with E-state index in [1.54, 1.807) is 12.1 Å². The molecule has 0 fully saturated rings. The van der Waals surface area contributed by atoms with Crippen molar-refractivity contribution in [2.45, 2.75) is 0 Å². The fourth-order valence-corrected chi connectivity index (χ4v) is 1.24. The van der Waals surface area contributed by atoms with Crippen LogP contribution in [0.4, 0.5) is 4.39 Å². The first-order chi connectivity index (χ1) is 7.76. The lowest BCUT2D eigenvalue weighted by Gasteiger charge is -2.02. The van der Waals surface area contributed by atoms with Gasteiger partial charge in [0.25, 0.3) is 5.82 Å². The van der Waals surface area contributed by atoms with Gasteiger partial charge in [0.1, 0.15) is 29.8 Å². The second-order valence-corrected chi connectivity index (χ2v) is 2.87. The molecule has 1 aromatic carbocycles. The van der Waals surface area contributed by atoms with Crippen molar-refractivity contribution in [3.63, 3.8) is 0 Å². The van der Waals surface area contributed by atoms with Crippen molar-refractivity contribution in [3.05, 3.63) is 41.7 Å². The Kier molecular flexibility index (Phi) is 2.33. The van der Waals surface area contributed by atoms with Gasteiger partial charge in [0.05, 0.1) is 5.69 Å². The molecule has 0 aliphatic carbocycles. The fraction of sp³-hybridized carbons (Fsp3) is 0. The highest BCUT2D eigenvalue weighted by atomic mass is 19.1. The van der Waals surface area contributed by atoms with E-state index in [-0.39, 0.29) is 17.1 Å². The van der Waals surface area contributed by atoms with Crippen LogP contribution in [0.2, 0.25) is 0 Å². The van der Waals surface area contributed by atoms with Gasteiger partial charge in [-0.2, -0.15) is 10.5 Å². The number of aromatic nitrogens is 3. The van der Waals surface area contributed by atoms with E-state index < -0.39 is 5.82 Å². The molecule has 6 heteroatoms. The summed E-state index contributed by atoms with van der Waals surface area (Å²) in [5.41, 5.74) is 0.133. The molecule has 0 atom stereocenters. The van der Waals surface area contributed by atoms with Gasteiger partial charge in [-0.1, -0.05) is 6.07 Å². The van der Waals surface area contributed by atoms with Crippen molar-refractivity contribution >= 4 is 0 Å². The number of hydrogen-bond donors (Lipinski definition) is 0. The minimum atomic E-state index is -0.631. The first-order valence-corrected chi connectivity index (χ1v) is 4.27. The van der Waals surface area contributed by atoms with Gasteiger partial charge in [-0.05, 0) is 12.1 Å². The van der Waals surface area contributed by atoms with Gasteiger partial charge in [0, 0.05) is 0 Å². The van der Waals surface area contributed by atoms with Crippen LogP contribution in [0.15, 0.2) is 24.5 Å². The quantitative estimate of drug-likeness (QED) is 0.711. The lowest BCUT2D eigenvalue weighted by atomic mass is 10.2. The van der Waals surface area contributed by atoms with Gasteiger partial charge >= 0.3 is 0 Å². The SMILES string of the molecule is N#Cc1ncn(-c2cccc(F)c2C#N)n1. The van der Waals surface area contributed by atoms with Crippen molar-refractivity contribution < 1.29 is 4.39 Å². The summed E-state index contributed by atoms with van der Waals surface area (Å²) in [7, 11) is 0. The molecule has 76 valence electrons. The van der Waals surface area contributed by atoms with Crippen molar-refractivity contribution in [2.75, 3.05) is 0 Å². The zero-order chi connectivity index (χ0) is 11.5. The highest BCUT2D eigenvalue weighted by Crippen LogP contribution is 2.15. The molecule has 16 heavy (non-hydrogen) atoms. The van der Waals surface area contributed by atoms with E-state index in [2.05, 4.69) is 10.1 Å². The third-order valence-corrected chi connectivity index (χ3v) is 1.94. The van der Waals surface area contributed by atoms with E-state index in [0.29, 0.717) is 0 Å². The summed E-state index contributed by atoms with van der Waals surface area (Å²) in [5, 5.41) is 21.1. The average Bonchev–Trinajstić information content (AvgIpc) is 2.77. The van der Waals surface area contributed by atoms with Crippen molar-refractivity contribution in [3.8, 4) is 17.8 Å². The standard InChI is InChI=1S/C10H4FN5/c11-8-2-1-3-9(7(8)4-12)16-6-14-10(5-13)15-16/h1-3,6H. The topological polar surface area (TPSA) is 78.3 Å². The maximum atomic E-state index is 13.3. The lowest BCUT2D eigenvalue weighted by Crippen LogP contribution is -2.00. The third kappa shape index (κ3) is 1.49. The molecule has 2 rings (SSSR count). The van der Waals surface area contributed by atoms with Crippen molar-refractivity contribution in [2.24, 2.45) is 0 Å². The Bertz CT molecular complexity index is 617. The number of hydrogen-bond acceptors (Lipinski definition) is 4. The van der Waals surface area contributed by atoms with E-state index in [1.807, 2.05) is 0 Å². The summed E-state index contributed by atoms with van der Waals surface area (Å²) in [6, 6.07) is 7.66. The molecule has 0 N–H and O–H groups in total. The first kappa shape index (κ1) is 9.81. The first-order valence-electron chi connectivity index (χ1n) is 4.27. The molecule has 0 unspecified atom stereocenters. The van der Waals surface area contributed by atoms with Crippen LogP contribution in [0.3, 0.4) is 0 Å². The molecule has 0 saturated heterocycles. The van der Waals surface area contributed by atoms with E-state index in [4.69, 9.17) is 10.5 Å². The smallest absolute Gasteiger partial charge is 0.218 e. The Hall–Kier alpha value is -2.73. The molecule has 0 amide bonds. The van der Waals surface area contributed by atoms with Crippen LogP contribution in [0.25, 0.3) is 5.69 Å². The maximum Gasteiger partial charge on any atom is 0.252 e. The monoisotopic (exact) mass is 213 g/mol. The Morgan fingerprint density at radius 2 is 2.06 bits per heavy atom. The van der Waals surface area contributed by atoms with Gasteiger partial charge in [0.2, 0.25) is 0 Å². The zero-order valence-corrected chi connectivity index (χ0v) is 7.92. The molecular weight excluding hydrogens is 209 g/mol. The Morgan fingerprint density at radius 1 is 1.25 bits per heavy atom. The number of halogens is 1. The Labute approximate surface area is 90.0 Å². The minimum absolute atomic E-state index is 0.0341. The van der Waals surface area contributed by atoms with Crippen LogP contribution in [0, 0.1) is 28.5 Å². The molecule has 0 bridgehead atoms. The predicted octanol–water partition coefficient (Wildman–Crippen LogP) is 1.15. The van der Waals surface area contributed by atoms with Crippen LogP contribution in [-0.4, -0.2) is 14.8 Å². The molecule has 1 aromatic heterocycles. The van der Waals surface area contributed by atoms with Crippen molar-refractivity contribution in [1.29, 1.82) is 10.5 Å². The molecule has 5 nitrogen and oxygen atoms in total. The zero-order valence-electron chi connectivity index (χ0n) is 7.92. The van der Waals surface area contributed by atoms with Crippen LogP contribution >= 0.6 is 0 Å². The number of benzene rings is 1. The van der Waals surface area contributed by atoms with E-state index in [1.165, 1.54) is 29.2 Å². The molecule has 0 aliphatic rings. The summed E-state index contributed by atoms with van der Waals surface area (Å²) in [4.78, 5) is 3.68. The number of nitriles is 2. The lowest BCUT2D eigenvalue weighted by molar-refractivity contribution is 0.621. The number of rotatable bonds is 1. The number of nitrogens with zero attached hydrogens (tertiary/aromatic N) is 5. The molecule has 0 aliphatic heterocycles. The van der Waals surface area contributed by atoms with Gasteiger partial charge in [-0.25, -0.2) is 14.1 Å². The van der Waals surface area contributed by atoms with Crippen molar-refractivity contribution in [1.82, 2.24) is 14.8 Å². The summed E-state index contributed by atoms with van der Waals surface area (Å²) in [6.07, 6.45) is 1.26. The summed E-state index contributed by atoms with van der Waals surface area (Å²) >= 11 is 0. The van der Waals surface area contributed by atoms with E-state index in [9.17, 15) is 4.39 Å². The predicted molar refractivity (Wildman–Crippen MR) is 50.7 cm³/mol. The molecule has 1 heterocycles. The normalized spacial score (nSPS) is 9.44.